The number of carbonyl (C=O) groups is 1. The summed E-state index contributed by atoms with van der Waals surface area (Å²) in [7, 11) is 0. The Balaban J connectivity index is 2.46. The fourth-order valence-corrected chi connectivity index (χ4v) is 2.82. The van der Waals surface area contributed by atoms with Gasteiger partial charge < -0.3 is 11.5 Å². The van der Waals surface area contributed by atoms with Crippen molar-refractivity contribution in [1.29, 1.82) is 0 Å². The van der Waals surface area contributed by atoms with E-state index in [-0.39, 0.29) is 11.8 Å². The molecule has 0 spiro atoms. The summed E-state index contributed by atoms with van der Waals surface area (Å²) in [5, 5.41) is 0.387. The van der Waals surface area contributed by atoms with Gasteiger partial charge in [0, 0.05) is 11.8 Å². The molecule has 4 heteroatoms. The van der Waals surface area contributed by atoms with Gasteiger partial charge in [0.2, 0.25) is 5.91 Å². The third-order valence-electron chi connectivity index (χ3n) is 2.03. The lowest BCUT2D eigenvalue weighted by Gasteiger charge is -2.16. The molecule has 0 aromatic carbocycles. The van der Waals surface area contributed by atoms with Crippen molar-refractivity contribution in [3.8, 4) is 0 Å². The summed E-state index contributed by atoms with van der Waals surface area (Å²) >= 11 is 1.82. The molecule has 0 radical (unpaired) electrons. The topological polar surface area (TPSA) is 69.1 Å². The van der Waals surface area contributed by atoms with Crippen LogP contribution in [0.3, 0.4) is 0 Å². The second-order valence-electron chi connectivity index (χ2n) is 2.80. The van der Waals surface area contributed by atoms with Crippen LogP contribution in [0, 0.1) is 5.92 Å². The molecule has 11 heavy (non-hydrogen) atoms. The van der Waals surface area contributed by atoms with Gasteiger partial charge in [-0.15, -0.1) is 0 Å². The van der Waals surface area contributed by atoms with E-state index in [2.05, 4.69) is 0 Å². The SMILES string of the molecule is NCC(C(N)=O)C1CCCS1. The second-order valence-corrected chi connectivity index (χ2v) is 4.14. The Labute approximate surface area is 70.9 Å². The molecule has 0 aromatic heterocycles. The van der Waals surface area contributed by atoms with Gasteiger partial charge >= 0.3 is 0 Å². The first kappa shape index (κ1) is 8.87. The lowest BCUT2D eigenvalue weighted by atomic mass is 10.0. The Kier molecular flexibility index (Phi) is 3.20. The average molecular weight is 174 g/mol. The van der Waals surface area contributed by atoms with Crippen molar-refractivity contribution >= 4 is 17.7 Å². The van der Waals surface area contributed by atoms with Crippen LogP contribution in [0.25, 0.3) is 0 Å². The van der Waals surface area contributed by atoms with Crippen molar-refractivity contribution in [2.24, 2.45) is 17.4 Å². The zero-order valence-electron chi connectivity index (χ0n) is 6.45. The Morgan fingerprint density at radius 1 is 1.73 bits per heavy atom. The number of hydrogen-bond donors (Lipinski definition) is 2. The third-order valence-corrected chi connectivity index (χ3v) is 3.55. The molecule has 0 bridgehead atoms. The first-order chi connectivity index (χ1) is 5.25. The normalized spacial score (nSPS) is 26.8. The van der Waals surface area contributed by atoms with Crippen LogP contribution >= 0.6 is 11.8 Å². The molecule has 2 unspecified atom stereocenters. The number of primary amides is 1. The highest BCUT2D eigenvalue weighted by atomic mass is 32.2. The zero-order chi connectivity index (χ0) is 8.27. The van der Waals surface area contributed by atoms with Gasteiger partial charge in [-0.25, -0.2) is 0 Å². The summed E-state index contributed by atoms with van der Waals surface area (Å²) in [6.45, 7) is 0.396. The van der Waals surface area contributed by atoms with E-state index < -0.39 is 0 Å². The van der Waals surface area contributed by atoms with Crippen molar-refractivity contribution in [1.82, 2.24) is 0 Å². The van der Waals surface area contributed by atoms with Crippen LogP contribution in [0.1, 0.15) is 12.8 Å². The number of amides is 1. The minimum atomic E-state index is -0.244. The standard InChI is InChI=1S/C7H14N2OS/c8-4-5(7(9)10)6-2-1-3-11-6/h5-6H,1-4,8H2,(H2,9,10). The Hall–Kier alpha value is -0.220. The summed E-state index contributed by atoms with van der Waals surface area (Å²) in [6.07, 6.45) is 2.29. The predicted molar refractivity (Wildman–Crippen MR) is 47.2 cm³/mol. The van der Waals surface area contributed by atoms with Crippen LogP contribution in [0.15, 0.2) is 0 Å². The first-order valence-corrected chi connectivity index (χ1v) is 4.91. The maximum absolute atomic E-state index is 10.8. The van der Waals surface area contributed by atoms with Crippen LogP contribution < -0.4 is 11.5 Å². The Morgan fingerprint density at radius 3 is 2.82 bits per heavy atom. The van der Waals surface area contributed by atoms with Crippen LogP contribution in [-0.4, -0.2) is 23.5 Å². The van der Waals surface area contributed by atoms with E-state index >= 15 is 0 Å². The monoisotopic (exact) mass is 174 g/mol. The van der Waals surface area contributed by atoms with Gasteiger partial charge in [0.15, 0.2) is 0 Å². The second kappa shape index (κ2) is 3.97. The molecule has 0 aliphatic carbocycles. The van der Waals surface area contributed by atoms with Gasteiger partial charge in [0.05, 0.1) is 5.92 Å². The quantitative estimate of drug-likeness (QED) is 0.630. The van der Waals surface area contributed by atoms with Crippen LogP contribution in [0.5, 0.6) is 0 Å². The zero-order valence-corrected chi connectivity index (χ0v) is 7.27. The van der Waals surface area contributed by atoms with Crippen molar-refractivity contribution < 1.29 is 4.79 Å². The summed E-state index contributed by atoms with van der Waals surface area (Å²) in [6, 6.07) is 0. The van der Waals surface area contributed by atoms with Gasteiger partial charge in [-0.1, -0.05) is 0 Å². The molecule has 1 fully saturated rings. The molecule has 1 heterocycles. The van der Waals surface area contributed by atoms with E-state index in [9.17, 15) is 4.79 Å². The first-order valence-electron chi connectivity index (χ1n) is 3.86. The number of thioether (sulfide) groups is 1. The molecule has 1 aliphatic heterocycles. The fraction of sp³-hybridized carbons (Fsp3) is 0.857. The van der Waals surface area contributed by atoms with E-state index in [0.717, 1.165) is 12.2 Å². The van der Waals surface area contributed by atoms with Crippen molar-refractivity contribution in [2.75, 3.05) is 12.3 Å². The number of carbonyl (C=O) groups excluding carboxylic acids is 1. The molecule has 1 aliphatic rings. The highest BCUT2D eigenvalue weighted by Gasteiger charge is 2.28. The van der Waals surface area contributed by atoms with Crippen LogP contribution in [-0.2, 0) is 4.79 Å². The number of rotatable bonds is 3. The van der Waals surface area contributed by atoms with Crippen LogP contribution in [0.2, 0.25) is 0 Å². The summed E-state index contributed by atoms with van der Waals surface area (Å²) in [5.41, 5.74) is 10.6. The summed E-state index contributed by atoms with van der Waals surface area (Å²) in [4.78, 5) is 10.8. The number of nitrogens with two attached hydrogens (primary N) is 2. The molecule has 1 saturated heterocycles. The minimum Gasteiger partial charge on any atom is -0.369 e. The van der Waals surface area contributed by atoms with Gasteiger partial charge in [-0.3, -0.25) is 4.79 Å². The van der Waals surface area contributed by atoms with Crippen LogP contribution in [0.4, 0.5) is 0 Å². The summed E-state index contributed by atoms with van der Waals surface area (Å²) < 4.78 is 0. The van der Waals surface area contributed by atoms with Gasteiger partial charge in [0.25, 0.3) is 0 Å². The van der Waals surface area contributed by atoms with E-state index in [1.165, 1.54) is 6.42 Å². The molecule has 0 saturated carbocycles. The molecule has 3 nitrogen and oxygen atoms in total. The average Bonchev–Trinajstić information content (AvgIpc) is 2.40. The third kappa shape index (κ3) is 2.10. The van der Waals surface area contributed by atoms with E-state index in [1.54, 1.807) is 0 Å². The van der Waals surface area contributed by atoms with Crippen molar-refractivity contribution in [3.05, 3.63) is 0 Å². The van der Waals surface area contributed by atoms with Gasteiger partial charge in [-0.2, -0.15) is 11.8 Å². The van der Waals surface area contributed by atoms with E-state index in [4.69, 9.17) is 11.5 Å². The molecule has 64 valence electrons. The molecule has 1 rings (SSSR count). The fourth-order valence-electron chi connectivity index (χ4n) is 1.37. The smallest absolute Gasteiger partial charge is 0.222 e. The molecule has 2 atom stereocenters. The van der Waals surface area contributed by atoms with E-state index in [0.29, 0.717) is 11.8 Å². The Bertz CT molecular complexity index is 145. The maximum Gasteiger partial charge on any atom is 0.222 e. The Morgan fingerprint density at radius 2 is 2.45 bits per heavy atom. The molecule has 1 amide bonds. The lowest BCUT2D eigenvalue weighted by molar-refractivity contribution is -0.121. The van der Waals surface area contributed by atoms with Gasteiger partial charge in [0.1, 0.15) is 0 Å². The summed E-state index contributed by atoms with van der Waals surface area (Å²) in [5.74, 6) is 0.795. The van der Waals surface area contributed by atoms with Gasteiger partial charge in [-0.05, 0) is 18.6 Å². The minimum absolute atomic E-state index is 0.109. The van der Waals surface area contributed by atoms with E-state index in [1.807, 2.05) is 11.8 Å². The largest absolute Gasteiger partial charge is 0.369 e. The molecular weight excluding hydrogens is 160 g/mol. The predicted octanol–water partition coefficient (Wildman–Crippen LogP) is -0.0578. The maximum atomic E-state index is 10.8. The molecular formula is C7H14N2OS. The highest BCUT2D eigenvalue weighted by molar-refractivity contribution is 8.00. The molecule has 0 aromatic rings. The number of hydrogen-bond acceptors (Lipinski definition) is 3. The molecule has 4 N–H and O–H groups in total. The lowest BCUT2D eigenvalue weighted by Crippen LogP contribution is -2.36. The van der Waals surface area contributed by atoms with Crippen molar-refractivity contribution in [2.45, 2.75) is 18.1 Å². The highest BCUT2D eigenvalue weighted by Crippen LogP contribution is 2.31. The van der Waals surface area contributed by atoms with Crippen molar-refractivity contribution in [3.63, 3.8) is 0 Å².